The Morgan fingerprint density at radius 3 is 2.81 bits per heavy atom. The molecule has 7 heteroatoms. The van der Waals surface area contributed by atoms with Gasteiger partial charge in [-0.25, -0.2) is 13.1 Å². The summed E-state index contributed by atoms with van der Waals surface area (Å²) in [4.78, 5) is 10.3. The topological polar surface area (TPSA) is 83.5 Å². The highest BCUT2D eigenvalue weighted by atomic mass is 32.2. The zero-order valence-corrected chi connectivity index (χ0v) is 10.3. The predicted octanol–water partition coefficient (Wildman–Crippen LogP) is 1.28. The molecule has 0 radical (unpaired) electrons. The lowest BCUT2D eigenvalue weighted by Gasteiger charge is -2.11. The normalized spacial score (nSPS) is 13.6. The van der Waals surface area contributed by atoms with E-state index in [0.717, 1.165) is 11.3 Å². The van der Waals surface area contributed by atoms with Crippen molar-refractivity contribution in [2.75, 3.05) is 0 Å². The average molecular weight is 263 g/mol. The lowest BCUT2D eigenvalue weighted by atomic mass is 10.2. The van der Waals surface area contributed by atoms with Gasteiger partial charge in [0.05, 0.1) is 0 Å². The fraction of sp³-hybridized carbons (Fsp3) is 0.444. The summed E-state index contributed by atoms with van der Waals surface area (Å²) in [6, 6.07) is 2.78. The van der Waals surface area contributed by atoms with Crippen molar-refractivity contribution in [3.8, 4) is 0 Å². The molecule has 0 saturated heterocycles. The fourth-order valence-electron chi connectivity index (χ4n) is 1.14. The highest BCUT2D eigenvalue weighted by Crippen LogP contribution is 2.16. The third-order valence-electron chi connectivity index (χ3n) is 1.91. The zero-order chi connectivity index (χ0) is 12.2. The molecule has 0 saturated carbocycles. The van der Waals surface area contributed by atoms with Gasteiger partial charge in [-0.05, 0) is 24.8 Å². The third-order valence-corrected chi connectivity index (χ3v) is 4.89. The SMILES string of the molecule is CC(CCC(=O)O)NS(=O)(=O)c1cccs1. The van der Waals surface area contributed by atoms with E-state index in [1.807, 2.05) is 0 Å². The van der Waals surface area contributed by atoms with Crippen molar-refractivity contribution in [1.82, 2.24) is 4.72 Å². The van der Waals surface area contributed by atoms with Crippen LogP contribution in [0.15, 0.2) is 21.7 Å². The van der Waals surface area contributed by atoms with E-state index in [2.05, 4.69) is 4.72 Å². The van der Waals surface area contributed by atoms with Crippen molar-refractivity contribution in [2.45, 2.75) is 30.0 Å². The molecule has 0 aromatic carbocycles. The second-order valence-corrected chi connectivity index (χ2v) is 6.28. The second kappa shape index (κ2) is 5.42. The van der Waals surface area contributed by atoms with Crippen LogP contribution in [-0.2, 0) is 14.8 Å². The number of aliphatic carboxylic acids is 1. The van der Waals surface area contributed by atoms with E-state index in [1.165, 1.54) is 6.07 Å². The molecule has 2 N–H and O–H groups in total. The minimum atomic E-state index is -3.49. The second-order valence-electron chi connectivity index (χ2n) is 3.39. The van der Waals surface area contributed by atoms with Crippen LogP contribution in [0, 0.1) is 0 Å². The van der Waals surface area contributed by atoms with Gasteiger partial charge < -0.3 is 5.11 Å². The maximum atomic E-state index is 11.7. The maximum absolute atomic E-state index is 11.7. The summed E-state index contributed by atoms with van der Waals surface area (Å²) in [6.07, 6.45) is 0.230. The molecule has 5 nitrogen and oxygen atoms in total. The van der Waals surface area contributed by atoms with E-state index >= 15 is 0 Å². The van der Waals surface area contributed by atoms with Crippen molar-refractivity contribution in [3.05, 3.63) is 17.5 Å². The molecule has 0 aliphatic rings. The average Bonchev–Trinajstić information content (AvgIpc) is 2.67. The first-order valence-electron chi connectivity index (χ1n) is 4.69. The van der Waals surface area contributed by atoms with Crippen molar-refractivity contribution < 1.29 is 18.3 Å². The van der Waals surface area contributed by atoms with Gasteiger partial charge in [-0.2, -0.15) is 0 Å². The van der Waals surface area contributed by atoms with Gasteiger partial charge in [-0.15, -0.1) is 11.3 Å². The molecule has 0 bridgehead atoms. The molecule has 1 aromatic heterocycles. The molecule has 0 amide bonds. The van der Waals surface area contributed by atoms with Gasteiger partial charge in [0.25, 0.3) is 0 Å². The molecule has 1 rings (SSSR count). The fourth-order valence-corrected chi connectivity index (χ4v) is 3.43. The van der Waals surface area contributed by atoms with Crippen molar-refractivity contribution >= 4 is 27.3 Å². The van der Waals surface area contributed by atoms with E-state index in [1.54, 1.807) is 18.4 Å². The number of sulfonamides is 1. The quantitative estimate of drug-likeness (QED) is 0.809. The van der Waals surface area contributed by atoms with Gasteiger partial charge in [-0.3, -0.25) is 4.79 Å². The van der Waals surface area contributed by atoms with Crippen LogP contribution in [0.4, 0.5) is 0 Å². The van der Waals surface area contributed by atoms with Crippen LogP contribution in [0.3, 0.4) is 0 Å². The molecule has 1 atom stereocenters. The number of carbonyl (C=O) groups is 1. The van der Waals surface area contributed by atoms with Gasteiger partial charge in [0.15, 0.2) is 0 Å². The number of hydrogen-bond acceptors (Lipinski definition) is 4. The van der Waals surface area contributed by atoms with Crippen LogP contribution >= 0.6 is 11.3 Å². The smallest absolute Gasteiger partial charge is 0.303 e. The van der Waals surface area contributed by atoms with Gasteiger partial charge in [0.2, 0.25) is 10.0 Å². The zero-order valence-electron chi connectivity index (χ0n) is 8.71. The molecular formula is C9H13NO4S2. The van der Waals surface area contributed by atoms with Crippen LogP contribution in [0.2, 0.25) is 0 Å². The molecule has 0 aliphatic heterocycles. The van der Waals surface area contributed by atoms with Gasteiger partial charge >= 0.3 is 5.97 Å². The summed E-state index contributed by atoms with van der Waals surface area (Å²) < 4.78 is 26.1. The Balaban J connectivity index is 2.57. The van der Waals surface area contributed by atoms with Crippen LogP contribution < -0.4 is 4.72 Å². The lowest BCUT2D eigenvalue weighted by Crippen LogP contribution is -2.32. The molecule has 90 valence electrons. The van der Waals surface area contributed by atoms with Crippen LogP contribution in [0.25, 0.3) is 0 Å². The molecule has 1 aromatic rings. The van der Waals surface area contributed by atoms with Gasteiger partial charge in [0, 0.05) is 12.5 Å². The summed E-state index contributed by atoms with van der Waals surface area (Å²) in [5.41, 5.74) is 0. The number of hydrogen-bond donors (Lipinski definition) is 2. The Morgan fingerprint density at radius 1 is 1.62 bits per heavy atom. The number of carboxylic acids is 1. The molecular weight excluding hydrogens is 250 g/mol. The minimum Gasteiger partial charge on any atom is -0.481 e. The van der Waals surface area contributed by atoms with E-state index in [4.69, 9.17) is 5.11 Å². The summed E-state index contributed by atoms with van der Waals surface area (Å²) in [5.74, 6) is -0.929. The maximum Gasteiger partial charge on any atom is 0.303 e. The molecule has 1 unspecified atom stereocenters. The van der Waals surface area contributed by atoms with Crippen LogP contribution in [0.1, 0.15) is 19.8 Å². The number of carboxylic acid groups (broad SMARTS) is 1. The summed E-state index contributed by atoms with van der Waals surface area (Å²) in [7, 11) is -3.49. The first kappa shape index (κ1) is 13.1. The van der Waals surface area contributed by atoms with Crippen LogP contribution in [0.5, 0.6) is 0 Å². The van der Waals surface area contributed by atoms with Crippen molar-refractivity contribution in [1.29, 1.82) is 0 Å². The Bertz CT molecular complexity index is 438. The summed E-state index contributed by atoms with van der Waals surface area (Å²) >= 11 is 1.13. The van der Waals surface area contributed by atoms with Crippen LogP contribution in [-0.4, -0.2) is 25.5 Å². The van der Waals surface area contributed by atoms with E-state index in [-0.39, 0.29) is 23.1 Å². The van der Waals surface area contributed by atoms with Crippen molar-refractivity contribution in [3.63, 3.8) is 0 Å². The molecule has 1 heterocycles. The largest absolute Gasteiger partial charge is 0.481 e. The third kappa shape index (κ3) is 3.92. The first-order valence-corrected chi connectivity index (χ1v) is 7.06. The highest BCUT2D eigenvalue weighted by molar-refractivity contribution is 7.91. The monoisotopic (exact) mass is 263 g/mol. The van der Waals surface area contributed by atoms with E-state index < -0.39 is 16.0 Å². The van der Waals surface area contributed by atoms with E-state index in [9.17, 15) is 13.2 Å². The molecule has 0 aliphatic carbocycles. The number of nitrogens with one attached hydrogen (secondary N) is 1. The Labute approximate surface area is 98.2 Å². The van der Waals surface area contributed by atoms with Gasteiger partial charge in [0.1, 0.15) is 4.21 Å². The molecule has 16 heavy (non-hydrogen) atoms. The minimum absolute atomic E-state index is 0.0475. The molecule has 0 spiro atoms. The Hall–Kier alpha value is -0.920. The highest BCUT2D eigenvalue weighted by Gasteiger charge is 2.18. The lowest BCUT2D eigenvalue weighted by molar-refractivity contribution is -0.137. The standard InChI is InChI=1S/C9H13NO4S2/c1-7(4-5-8(11)12)10-16(13,14)9-3-2-6-15-9/h2-3,6-7,10H,4-5H2,1H3,(H,11,12). The number of thiophene rings is 1. The van der Waals surface area contributed by atoms with Crippen molar-refractivity contribution in [2.24, 2.45) is 0 Å². The number of rotatable bonds is 6. The summed E-state index contributed by atoms with van der Waals surface area (Å²) in [6.45, 7) is 1.65. The molecule has 0 fully saturated rings. The van der Waals surface area contributed by atoms with E-state index in [0.29, 0.717) is 0 Å². The Kier molecular flexibility index (Phi) is 4.45. The Morgan fingerprint density at radius 2 is 2.31 bits per heavy atom. The summed E-state index contributed by atoms with van der Waals surface area (Å²) in [5, 5.41) is 10.1. The van der Waals surface area contributed by atoms with Gasteiger partial charge in [-0.1, -0.05) is 6.07 Å². The predicted molar refractivity (Wildman–Crippen MR) is 61.0 cm³/mol. The first-order chi connectivity index (χ1) is 7.42.